The molecule has 0 amide bonds. The van der Waals surface area contributed by atoms with Crippen LogP contribution in [0.5, 0.6) is 17.2 Å². The Hall–Kier alpha value is -3.94. The van der Waals surface area contributed by atoms with E-state index >= 15 is 0 Å². The standard InChI is InChI=1S/C37H48O12/c1-34(2,35(3,4)41)20-47-29(17-24-25(44-7)13-10-21-11-14-30(39)48-32(21)24)37(6,43)19-36(5,42)28(38)16-23-27(46-9)18-26(45-8)22-12-15-31(40)49-33(22)23/h10-15,18,28-29,38,41-43H,16-17,19-20H2,1-9H3. The van der Waals surface area contributed by atoms with Gasteiger partial charge >= 0.3 is 11.3 Å². The Morgan fingerprint density at radius 3 is 1.84 bits per heavy atom. The van der Waals surface area contributed by atoms with Crippen LogP contribution < -0.4 is 25.5 Å². The zero-order chi connectivity index (χ0) is 36.5. The summed E-state index contributed by atoms with van der Waals surface area (Å²) < 4.78 is 34.1. The Bertz CT molecular complexity index is 1890. The van der Waals surface area contributed by atoms with Gasteiger partial charge in [0.25, 0.3) is 0 Å². The average Bonchev–Trinajstić information content (AvgIpc) is 3.01. The van der Waals surface area contributed by atoms with Crippen molar-refractivity contribution in [3.63, 3.8) is 0 Å². The summed E-state index contributed by atoms with van der Waals surface area (Å²) in [6, 6.07) is 10.8. The highest BCUT2D eigenvalue weighted by molar-refractivity contribution is 5.88. The molecule has 268 valence electrons. The molecular formula is C37H48O12. The molecule has 4 N–H and O–H groups in total. The zero-order valence-electron chi connectivity index (χ0n) is 29.6. The second-order valence-corrected chi connectivity index (χ2v) is 14.2. The molecule has 49 heavy (non-hydrogen) atoms. The summed E-state index contributed by atoms with van der Waals surface area (Å²) in [6.07, 6.45) is -3.23. The van der Waals surface area contributed by atoms with Crippen molar-refractivity contribution in [3.8, 4) is 17.2 Å². The summed E-state index contributed by atoms with van der Waals surface area (Å²) in [6.45, 7) is 9.82. The van der Waals surface area contributed by atoms with Crippen LogP contribution in [0.2, 0.25) is 0 Å². The molecule has 4 unspecified atom stereocenters. The van der Waals surface area contributed by atoms with Gasteiger partial charge in [0.1, 0.15) is 28.4 Å². The molecular weight excluding hydrogens is 636 g/mol. The molecule has 0 saturated heterocycles. The number of fused-ring (bicyclic) bond motifs is 2. The third-order valence-corrected chi connectivity index (χ3v) is 9.66. The van der Waals surface area contributed by atoms with Gasteiger partial charge < -0.3 is 48.2 Å². The van der Waals surface area contributed by atoms with E-state index in [1.807, 2.05) is 13.8 Å². The van der Waals surface area contributed by atoms with E-state index in [-0.39, 0.29) is 36.4 Å². The van der Waals surface area contributed by atoms with Crippen molar-refractivity contribution in [2.24, 2.45) is 5.41 Å². The minimum absolute atomic E-state index is 0.00683. The molecule has 0 radical (unpaired) electrons. The summed E-state index contributed by atoms with van der Waals surface area (Å²) in [5.74, 6) is 1.04. The molecule has 4 rings (SSSR count). The number of methoxy groups -OCH3 is 3. The van der Waals surface area contributed by atoms with Crippen LogP contribution in [0.15, 0.2) is 60.9 Å². The minimum Gasteiger partial charge on any atom is -0.496 e. The van der Waals surface area contributed by atoms with Crippen LogP contribution in [0.1, 0.15) is 59.1 Å². The van der Waals surface area contributed by atoms with Gasteiger partial charge in [-0.2, -0.15) is 0 Å². The van der Waals surface area contributed by atoms with Gasteiger partial charge in [-0.1, -0.05) is 13.8 Å². The third kappa shape index (κ3) is 8.11. The molecule has 0 fully saturated rings. The van der Waals surface area contributed by atoms with Crippen LogP contribution in [-0.4, -0.2) is 77.4 Å². The average molecular weight is 685 g/mol. The molecule has 2 aromatic carbocycles. The van der Waals surface area contributed by atoms with Gasteiger partial charge in [-0.05, 0) is 52.0 Å². The van der Waals surface area contributed by atoms with Gasteiger partial charge in [0.2, 0.25) is 0 Å². The first-order chi connectivity index (χ1) is 22.7. The monoisotopic (exact) mass is 684 g/mol. The lowest BCUT2D eigenvalue weighted by Crippen LogP contribution is -2.54. The molecule has 2 heterocycles. The Balaban J connectivity index is 1.74. The van der Waals surface area contributed by atoms with Crippen LogP contribution in [0.4, 0.5) is 0 Å². The Morgan fingerprint density at radius 2 is 1.24 bits per heavy atom. The molecule has 0 bridgehead atoms. The lowest BCUT2D eigenvalue weighted by Gasteiger charge is -2.43. The number of hydrogen-bond donors (Lipinski definition) is 4. The predicted molar refractivity (Wildman–Crippen MR) is 184 cm³/mol. The molecule has 0 saturated carbocycles. The molecule has 12 heteroatoms. The number of aliphatic hydroxyl groups excluding tert-OH is 1. The van der Waals surface area contributed by atoms with Crippen molar-refractivity contribution in [1.82, 2.24) is 0 Å². The van der Waals surface area contributed by atoms with Gasteiger partial charge in [0.15, 0.2) is 0 Å². The fraction of sp³-hybridized carbons (Fsp3) is 0.514. The van der Waals surface area contributed by atoms with Gasteiger partial charge in [0, 0.05) is 59.4 Å². The van der Waals surface area contributed by atoms with Crippen molar-refractivity contribution in [2.75, 3.05) is 27.9 Å². The summed E-state index contributed by atoms with van der Waals surface area (Å²) >= 11 is 0. The van der Waals surface area contributed by atoms with E-state index in [0.29, 0.717) is 33.4 Å². The number of ether oxygens (including phenoxy) is 4. The van der Waals surface area contributed by atoms with Crippen molar-refractivity contribution in [3.05, 3.63) is 74.4 Å². The van der Waals surface area contributed by atoms with E-state index in [2.05, 4.69) is 0 Å². The van der Waals surface area contributed by atoms with Crippen LogP contribution in [0.3, 0.4) is 0 Å². The Labute approximate surface area is 284 Å². The second kappa shape index (κ2) is 14.1. The lowest BCUT2D eigenvalue weighted by molar-refractivity contribution is -0.176. The minimum atomic E-state index is -1.95. The molecule has 0 aliphatic heterocycles. The maximum atomic E-state index is 12.3. The van der Waals surface area contributed by atoms with Crippen LogP contribution in [0, 0.1) is 5.41 Å². The smallest absolute Gasteiger partial charge is 0.336 e. The largest absolute Gasteiger partial charge is 0.496 e. The molecule has 0 aliphatic rings. The van der Waals surface area contributed by atoms with E-state index in [9.17, 15) is 30.0 Å². The van der Waals surface area contributed by atoms with E-state index in [1.54, 1.807) is 44.2 Å². The van der Waals surface area contributed by atoms with Crippen molar-refractivity contribution < 1.29 is 48.2 Å². The topological polar surface area (TPSA) is 178 Å². The van der Waals surface area contributed by atoms with Crippen molar-refractivity contribution >= 4 is 21.9 Å². The van der Waals surface area contributed by atoms with Gasteiger partial charge in [-0.3, -0.25) is 0 Å². The fourth-order valence-corrected chi connectivity index (χ4v) is 5.83. The van der Waals surface area contributed by atoms with E-state index in [1.165, 1.54) is 47.3 Å². The molecule has 2 aromatic heterocycles. The molecule has 0 spiro atoms. The summed E-state index contributed by atoms with van der Waals surface area (Å²) in [5, 5.41) is 47.4. The summed E-state index contributed by atoms with van der Waals surface area (Å²) in [5.41, 5.74) is -5.76. The highest BCUT2D eigenvalue weighted by atomic mass is 16.5. The SMILES string of the molecule is COc1ccc2ccc(=O)oc2c1CC(OCC(C)(C)C(C)(C)O)C(C)(O)CC(C)(O)C(O)Cc1c(OC)cc(OC)c2ccc(=O)oc12. The van der Waals surface area contributed by atoms with Crippen LogP contribution >= 0.6 is 0 Å². The highest BCUT2D eigenvalue weighted by Gasteiger charge is 2.45. The first-order valence-corrected chi connectivity index (χ1v) is 16.0. The van der Waals surface area contributed by atoms with Crippen molar-refractivity contribution in [1.29, 1.82) is 0 Å². The molecule has 4 aromatic rings. The van der Waals surface area contributed by atoms with E-state index in [0.717, 1.165) is 0 Å². The van der Waals surface area contributed by atoms with Crippen LogP contribution in [0.25, 0.3) is 21.9 Å². The van der Waals surface area contributed by atoms with Gasteiger partial charge in [-0.15, -0.1) is 0 Å². The molecule has 4 atom stereocenters. The molecule has 12 nitrogen and oxygen atoms in total. The Morgan fingerprint density at radius 1 is 0.694 bits per heavy atom. The predicted octanol–water partition coefficient (Wildman–Crippen LogP) is 4.15. The van der Waals surface area contributed by atoms with Gasteiger partial charge in [0.05, 0.1) is 62.3 Å². The van der Waals surface area contributed by atoms with Crippen molar-refractivity contribution in [2.45, 2.75) is 89.8 Å². The zero-order valence-corrected chi connectivity index (χ0v) is 29.6. The maximum absolute atomic E-state index is 12.3. The fourth-order valence-electron chi connectivity index (χ4n) is 5.83. The maximum Gasteiger partial charge on any atom is 0.336 e. The second-order valence-electron chi connectivity index (χ2n) is 14.2. The summed E-state index contributed by atoms with van der Waals surface area (Å²) in [7, 11) is 4.35. The number of aliphatic hydroxyl groups is 4. The first kappa shape index (κ1) is 37.9. The van der Waals surface area contributed by atoms with E-state index < -0.39 is 52.1 Å². The van der Waals surface area contributed by atoms with Gasteiger partial charge in [-0.25, -0.2) is 9.59 Å². The molecule has 0 aliphatic carbocycles. The first-order valence-electron chi connectivity index (χ1n) is 16.0. The third-order valence-electron chi connectivity index (χ3n) is 9.66. The van der Waals surface area contributed by atoms with Crippen LogP contribution in [-0.2, 0) is 17.6 Å². The Kier molecular flexibility index (Phi) is 10.9. The summed E-state index contributed by atoms with van der Waals surface area (Å²) in [4.78, 5) is 24.5. The lowest BCUT2D eigenvalue weighted by atomic mass is 9.77. The normalized spacial score (nSPS) is 16.2. The number of benzene rings is 2. The number of hydrogen-bond acceptors (Lipinski definition) is 12. The highest BCUT2D eigenvalue weighted by Crippen LogP contribution is 2.40. The number of rotatable bonds is 15. The van der Waals surface area contributed by atoms with E-state index in [4.69, 9.17) is 27.8 Å². The quantitative estimate of drug-likeness (QED) is 0.132.